The Morgan fingerprint density at radius 2 is 2.14 bits per heavy atom. The molecule has 1 aromatic carbocycles. The van der Waals surface area contributed by atoms with Gasteiger partial charge < -0.3 is 0 Å². The highest BCUT2D eigenvalue weighted by atomic mass is 35.5. The van der Waals surface area contributed by atoms with Gasteiger partial charge in [0.25, 0.3) is 0 Å². The van der Waals surface area contributed by atoms with Gasteiger partial charge in [-0.1, -0.05) is 30.7 Å². The molecule has 0 aliphatic heterocycles. The average Bonchev–Trinajstić information content (AvgIpc) is 2.74. The summed E-state index contributed by atoms with van der Waals surface area (Å²) >= 11 is 6.27. The number of hydrogen-bond donors (Lipinski definition) is 2. The summed E-state index contributed by atoms with van der Waals surface area (Å²) in [6.07, 6.45) is 1.00. The van der Waals surface area contributed by atoms with Gasteiger partial charge in [0.2, 0.25) is 0 Å². The SMILES string of the molecule is CCc1nn(C)c(CC(NN)c2cccc(F)c2F)c1Cl. The Morgan fingerprint density at radius 1 is 1.43 bits per heavy atom. The molecule has 2 rings (SSSR count). The molecule has 1 unspecified atom stereocenters. The number of hydrogen-bond acceptors (Lipinski definition) is 3. The Hall–Kier alpha value is -1.50. The molecule has 2 aromatic rings. The summed E-state index contributed by atoms with van der Waals surface area (Å²) in [7, 11) is 1.76. The number of hydrazine groups is 1. The lowest BCUT2D eigenvalue weighted by Gasteiger charge is -2.17. The normalized spacial score (nSPS) is 12.7. The number of aromatic nitrogens is 2. The molecule has 114 valence electrons. The van der Waals surface area contributed by atoms with Crippen LogP contribution in [-0.2, 0) is 19.9 Å². The average molecular weight is 315 g/mol. The van der Waals surface area contributed by atoms with Gasteiger partial charge in [-0.2, -0.15) is 5.10 Å². The van der Waals surface area contributed by atoms with Crippen LogP contribution >= 0.6 is 11.6 Å². The molecule has 0 aliphatic rings. The third-order valence-electron chi connectivity index (χ3n) is 3.46. The number of rotatable bonds is 5. The molecule has 0 fully saturated rings. The molecule has 1 aromatic heterocycles. The first-order chi connectivity index (χ1) is 9.99. The molecule has 0 saturated heterocycles. The van der Waals surface area contributed by atoms with Gasteiger partial charge in [-0.05, 0) is 12.5 Å². The van der Waals surface area contributed by atoms with Crippen LogP contribution in [0.5, 0.6) is 0 Å². The van der Waals surface area contributed by atoms with Gasteiger partial charge in [0.05, 0.1) is 22.5 Å². The van der Waals surface area contributed by atoms with Crippen molar-refractivity contribution in [3.63, 3.8) is 0 Å². The van der Waals surface area contributed by atoms with Gasteiger partial charge in [-0.15, -0.1) is 0 Å². The summed E-state index contributed by atoms with van der Waals surface area (Å²) in [5, 5.41) is 4.84. The maximum Gasteiger partial charge on any atom is 0.163 e. The Bertz CT molecular complexity index is 642. The van der Waals surface area contributed by atoms with Crippen LogP contribution in [0.15, 0.2) is 18.2 Å². The third kappa shape index (κ3) is 3.07. The monoisotopic (exact) mass is 314 g/mol. The predicted octanol–water partition coefficient (Wildman–Crippen LogP) is 2.66. The van der Waals surface area contributed by atoms with Crippen molar-refractivity contribution >= 4 is 11.6 Å². The van der Waals surface area contributed by atoms with Crippen molar-refractivity contribution < 1.29 is 8.78 Å². The van der Waals surface area contributed by atoms with E-state index in [9.17, 15) is 8.78 Å². The molecule has 7 heteroatoms. The van der Waals surface area contributed by atoms with Crippen LogP contribution in [0.4, 0.5) is 8.78 Å². The van der Waals surface area contributed by atoms with Gasteiger partial charge in [-0.25, -0.2) is 8.78 Å². The molecule has 1 heterocycles. The van der Waals surface area contributed by atoms with Crippen molar-refractivity contribution in [2.45, 2.75) is 25.8 Å². The zero-order chi connectivity index (χ0) is 15.6. The van der Waals surface area contributed by atoms with Crippen molar-refractivity contribution in [2.24, 2.45) is 12.9 Å². The van der Waals surface area contributed by atoms with E-state index >= 15 is 0 Å². The highest BCUT2D eigenvalue weighted by Gasteiger charge is 2.22. The van der Waals surface area contributed by atoms with Crippen molar-refractivity contribution in [3.05, 3.63) is 51.8 Å². The van der Waals surface area contributed by atoms with Gasteiger partial charge in [-0.3, -0.25) is 16.0 Å². The molecule has 0 aliphatic carbocycles. The summed E-state index contributed by atoms with van der Waals surface area (Å²) in [5.74, 6) is 3.69. The van der Waals surface area contributed by atoms with Gasteiger partial charge in [0, 0.05) is 19.0 Å². The van der Waals surface area contributed by atoms with E-state index in [4.69, 9.17) is 17.4 Å². The molecule has 0 spiro atoms. The quantitative estimate of drug-likeness (QED) is 0.659. The molecule has 1 atom stereocenters. The highest BCUT2D eigenvalue weighted by Crippen LogP contribution is 2.27. The Kier molecular flexibility index (Phi) is 4.92. The second kappa shape index (κ2) is 6.51. The van der Waals surface area contributed by atoms with E-state index in [1.165, 1.54) is 12.1 Å². The Morgan fingerprint density at radius 3 is 2.71 bits per heavy atom. The van der Waals surface area contributed by atoms with Crippen molar-refractivity contribution in [1.29, 1.82) is 0 Å². The molecule has 0 radical (unpaired) electrons. The molecule has 3 N–H and O–H groups in total. The maximum absolute atomic E-state index is 13.9. The molecular formula is C14H17ClF2N4. The topological polar surface area (TPSA) is 55.9 Å². The summed E-state index contributed by atoms with van der Waals surface area (Å²) < 4.78 is 28.9. The van der Waals surface area contributed by atoms with E-state index in [0.717, 1.165) is 17.5 Å². The molecule has 0 amide bonds. The number of nitrogens with two attached hydrogens (primary N) is 1. The van der Waals surface area contributed by atoms with E-state index in [-0.39, 0.29) is 5.56 Å². The van der Waals surface area contributed by atoms with Crippen LogP contribution in [0.3, 0.4) is 0 Å². The molecule has 0 bridgehead atoms. The predicted molar refractivity (Wildman–Crippen MR) is 77.7 cm³/mol. The number of aryl methyl sites for hydroxylation is 2. The maximum atomic E-state index is 13.9. The van der Waals surface area contributed by atoms with Gasteiger partial charge >= 0.3 is 0 Å². The van der Waals surface area contributed by atoms with Crippen LogP contribution < -0.4 is 11.3 Å². The standard InChI is InChI=1S/C14H17ClF2N4/c1-3-10-13(15)12(21(2)20-10)7-11(19-18)8-5-4-6-9(16)14(8)17/h4-6,11,19H,3,7,18H2,1-2H3. The summed E-state index contributed by atoms with van der Waals surface area (Å²) in [5.41, 5.74) is 4.16. The summed E-state index contributed by atoms with van der Waals surface area (Å²) in [6, 6.07) is 3.41. The lowest BCUT2D eigenvalue weighted by Crippen LogP contribution is -2.31. The number of nitrogens with zero attached hydrogens (tertiary/aromatic N) is 2. The lowest BCUT2D eigenvalue weighted by atomic mass is 10.0. The first-order valence-electron chi connectivity index (χ1n) is 6.59. The zero-order valence-electron chi connectivity index (χ0n) is 11.8. The zero-order valence-corrected chi connectivity index (χ0v) is 12.6. The molecule has 0 saturated carbocycles. The van der Waals surface area contributed by atoms with Crippen LogP contribution in [0.1, 0.15) is 29.9 Å². The second-order valence-electron chi connectivity index (χ2n) is 4.75. The molecule has 21 heavy (non-hydrogen) atoms. The fourth-order valence-corrected chi connectivity index (χ4v) is 2.65. The first-order valence-corrected chi connectivity index (χ1v) is 6.97. The minimum absolute atomic E-state index is 0.160. The largest absolute Gasteiger partial charge is 0.271 e. The molecule has 4 nitrogen and oxygen atoms in total. The lowest BCUT2D eigenvalue weighted by molar-refractivity contribution is 0.459. The Balaban J connectivity index is 2.36. The van der Waals surface area contributed by atoms with Crippen molar-refractivity contribution in [2.75, 3.05) is 0 Å². The van der Waals surface area contributed by atoms with E-state index in [1.54, 1.807) is 11.7 Å². The summed E-state index contributed by atoms with van der Waals surface area (Å²) in [6.45, 7) is 1.95. The minimum Gasteiger partial charge on any atom is -0.271 e. The van der Waals surface area contributed by atoms with E-state index < -0.39 is 17.7 Å². The van der Waals surface area contributed by atoms with Gasteiger partial charge in [0.1, 0.15) is 0 Å². The second-order valence-corrected chi connectivity index (χ2v) is 5.13. The highest BCUT2D eigenvalue weighted by molar-refractivity contribution is 6.31. The van der Waals surface area contributed by atoms with Crippen LogP contribution in [0.2, 0.25) is 5.02 Å². The third-order valence-corrected chi connectivity index (χ3v) is 3.89. The van der Waals surface area contributed by atoms with Crippen molar-refractivity contribution in [3.8, 4) is 0 Å². The van der Waals surface area contributed by atoms with Crippen LogP contribution in [-0.4, -0.2) is 9.78 Å². The number of nitrogens with one attached hydrogen (secondary N) is 1. The van der Waals surface area contributed by atoms with E-state index in [0.29, 0.717) is 17.9 Å². The molecular weight excluding hydrogens is 298 g/mol. The number of benzene rings is 1. The fourth-order valence-electron chi connectivity index (χ4n) is 2.28. The van der Waals surface area contributed by atoms with E-state index in [2.05, 4.69) is 10.5 Å². The minimum atomic E-state index is -0.908. The van der Waals surface area contributed by atoms with Crippen molar-refractivity contribution in [1.82, 2.24) is 15.2 Å². The smallest absolute Gasteiger partial charge is 0.163 e. The number of halogens is 3. The van der Waals surface area contributed by atoms with E-state index in [1.807, 2.05) is 6.92 Å². The van der Waals surface area contributed by atoms with Gasteiger partial charge in [0.15, 0.2) is 11.6 Å². The summed E-state index contributed by atoms with van der Waals surface area (Å²) in [4.78, 5) is 0. The van der Waals surface area contributed by atoms with Crippen LogP contribution in [0.25, 0.3) is 0 Å². The fraction of sp³-hybridized carbons (Fsp3) is 0.357. The Labute approximate surface area is 126 Å². The van der Waals surface area contributed by atoms with Crippen LogP contribution in [0, 0.1) is 11.6 Å². The first kappa shape index (κ1) is 15.9.